The largest absolute Gasteiger partial charge is 0.352 e. The molecule has 218 valence electrons. The summed E-state index contributed by atoms with van der Waals surface area (Å²) in [6, 6.07) is 19.1. The van der Waals surface area contributed by atoms with Crippen LogP contribution in [0.15, 0.2) is 77.7 Å². The zero-order valence-corrected chi connectivity index (χ0v) is 25.6. The van der Waals surface area contributed by atoms with Gasteiger partial charge < -0.3 is 10.2 Å². The maximum atomic E-state index is 14.1. The van der Waals surface area contributed by atoms with Gasteiger partial charge >= 0.3 is 0 Å². The number of nitrogens with zero attached hydrogens (tertiary/aromatic N) is 2. The molecule has 7 nitrogen and oxygen atoms in total. The van der Waals surface area contributed by atoms with Crippen molar-refractivity contribution in [3.63, 3.8) is 0 Å². The standard InChI is InChI=1S/C31H35Cl2N3O4S/c1-22-15-17-27(18-16-22)41(39,40)36(29-14-7-6-13-28(29)33)21-30(37)35(20-24-9-8-10-25(32)19-24)23(2)31(38)34-26-11-4-3-5-12-26/h6-10,13-19,23,26H,3-5,11-12,20-21H2,1-2H3,(H,34,38)/t23-/m0/s1. The van der Waals surface area contributed by atoms with Gasteiger partial charge in [0, 0.05) is 17.6 Å². The third kappa shape index (κ3) is 7.82. The summed E-state index contributed by atoms with van der Waals surface area (Å²) in [7, 11) is -4.19. The van der Waals surface area contributed by atoms with E-state index in [1.54, 1.807) is 61.5 Å². The first-order valence-electron chi connectivity index (χ1n) is 13.7. The first kappa shape index (κ1) is 30.9. The van der Waals surface area contributed by atoms with Crippen molar-refractivity contribution in [2.24, 2.45) is 0 Å². The van der Waals surface area contributed by atoms with Gasteiger partial charge in [-0.05, 0) is 68.7 Å². The molecule has 4 rings (SSSR count). The Balaban J connectivity index is 1.68. The Kier molecular flexibility index (Phi) is 10.3. The highest BCUT2D eigenvalue weighted by atomic mass is 35.5. The Morgan fingerprint density at radius 2 is 1.63 bits per heavy atom. The minimum atomic E-state index is -4.19. The van der Waals surface area contributed by atoms with Crippen molar-refractivity contribution in [2.75, 3.05) is 10.8 Å². The predicted molar refractivity (Wildman–Crippen MR) is 164 cm³/mol. The molecular weight excluding hydrogens is 581 g/mol. The number of benzene rings is 3. The highest BCUT2D eigenvalue weighted by Gasteiger charge is 2.34. The van der Waals surface area contributed by atoms with Gasteiger partial charge in [-0.3, -0.25) is 13.9 Å². The minimum absolute atomic E-state index is 0.0281. The normalized spacial score (nSPS) is 14.7. The van der Waals surface area contributed by atoms with E-state index in [0.29, 0.717) is 10.6 Å². The number of hydrogen-bond acceptors (Lipinski definition) is 4. The SMILES string of the molecule is Cc1ccc(S(=O)(=O)N(CC(=O)N(Cc2cccc(Cl)c2)[C@@H](C)C(=O)NC2CCCCC2)c2ccccc2Cl)cc1. The number of halogens is 2. The van der Waals surface area contributed by atoms with Crippen molar-refractivity contribution in [3.05, 3.63) is 94.0 Å². The second-order valence-corrected chi connectivity index (χ2v) is 13.2. The fourth-order valence-electron chi connectivity index (χ4n) is 4.99. The van der Waals surface area contributed by atoms with E-state index < -0.39 is 28.5 Å². The number of carbonyl (C=O) groups excluding carboxylic acids is 2. The van der Waals surface area contributed by atoms with Crippen LogP contribution in [-0.2, 0) is 26.2 Å². The maximum Gasteiger partial charge on any atom is 0.264 e. The summed E-state index contributed by atoms with van der Waals surface area (Å²) < 4.78 is 28.9. The molecule has 1 atom stereocenters. The summed E-state index contributed by atoms with van der Waals surface area (Å²) >= 11 is 12.7. The molecule has 1 fully saturated rings. The van der Waals surface area contributed by atoms with Crippen molar-refractivity contribution >= 4 is 50.7 Å². The second kappa shape index (κ2) is 13.7. The van der Waals surface area contributed by atoms with Crippen LogP contribution in [0.25, 0.3) is 0 Å². The number of nitrogens with one attached hydrogen (secondary N) is 1. The quantitative estimate of drug-likeness (QED) is 0.287. The lowest BCUT2D eigenvalue weighted by Crippen LogP contribution is -2.53. The van der Waals surface area contributed by atoms with Crippen molar-refractivity contribution in [2.45, 2.75) is 69.5 Å². The molecule has 0 saturated heterocycles. The highest BCUT2D eigenvalue weighted by molar-refractivity contribution is 7.92. The number of rotatable bonds is 10. The number of aryl methyl sites for hydroxylation is 1. The maximum absolute atomic E-state index is 14.1. The van der Waals surface area contributed by atoms with Gasteiger partial charge in [-0.15, -0.1) is 0 Å². The molecule has 10 heteroatoms. The molecule has 1 aliphatic rings. The molecule has 1 saturated carbocycles. The number of amides is 2. The first-order valence-corrected chi connectivity index (χ1v) is 15.9. The number of carbonyl (C=O) groups is 2. The van der Waals surface area contributed by atoms with Crippen LogP contribution >= 0.6 is 23.2 Å². The van der Waals surface area contributed by atoms with Crippen molar-refractivity contribution in [1.82, 2.24) is 10.2 Å². The van der Waals surface area contributed by atoms with Crippen LogP contribution < -0.4 is 9.62 Å². The average molecular weight is 617 g/mol. The lowest BCUT2D eigenvalue weighted by molar-refractivity contribution is -0.139. The van der Waals surface area contributed by atoms with E-state index in [2.05, 4.69) is 5.32 Å². The topological polar surface area (TPSA) is 86.8 Å². The molecule has 0 spiro atoms. The molecular formula is C31H35Cl2N3O4S. The molecule has 0 aromatic heterocycles. The van der Waals surface area contributed by atoms with Gasteiger partial charge in [0.15, 0.2) is 0 Å². The van der Waals surface area contributed by atoms with E-state index >= 15 is 0 Å². The van der Waals surface area contributed by atoms with Crippen molar-refractivity contribution < 1.29 is 18.0 Å². The van der Waals surface area contributed by atoms with E-state index in [4.69, 9.17) is 23.2 Å². The average Bonchev–Trinajstić information content (AvgIpc) is 2.95. The van der Waals surface area contributed by atoms with Gasteiger partial charge in [0.05, 0.1) is 15.6 Å². The van der Waals surface area contributed by atoms with Crippen LogP contribution in [0.4, 0.5) is 5.69 Å². The number of sulfonamides is 1. The molecule has 1 N–H and O–H groups in total. The van der Waals surface area contributed by atoms with Gasteiger partial charge in [-0.1, -0.05) is 84.4 Å². The molecule has 3 aromatic rings. The molecule has 41 heavy (non-hydrogen) atoms. The van der Waals surface area contributed by atoms with Gasteiger partial charge in [0.2, 0.25) is 11.8 Å². The van der Waals surface area contributed by atoms with Crippen LogP contribution in [0.1, 0.15) is 50.2 Å². The molecule has 0 heterocycles. The molecule has 2 amide bonds. The van der Waals surface area contributed by atoms with Crippen LogP contribution in [0.5, 0.6) is 0 Å². The lowest BCUT2D eigenvalue weighted by atomic mass is 9.95. The smallest absolute Gasteiger partial charge is 0.264 e. The Labute approximate surface area is 252 Å². The monoisotopic (exact) mass is 615 g/mol. The van der Waals surface area contributed by atoms with Gasteiger partial charge in [0.25, 0.3) is 10.0 Å². The van der Waals surface area contributed by atoms with Gasteiger partial charge in [0.1, 0.15) is 12.6 Å². The minimum Gasteiger partial charge on any atom is -0.352 e. The summed E-state index contributed by atoms with van der Waals surface area (Å²) in [5.41, 5.74) is 1.79. The molecule has 0 unspecified atom stereocenters. The zero-order chi connectivity index (χ0) is 29.6. The van der Waals surface area contributed by atoms with Crippen LogP contribution in [-0.4, -0.2) is 43.8 Å². The van der Waals surface area contributed by atoms with E-state index in [1.165, 1.54) is 17.0 Å². The Bertz CT molecular complexity index is 1470. The predicted octanol–water partition coefficient (Wildman–Crippen LogP) is 6.36. The molecule has 0 bridgehead atoms. The van der Waals surface area contributed by atoms with Gasteiger partial charge in [-0.2, -0.15) is 0 Å². The molecule has 1 aliphatic carbocycles. The van der Waals surface area contributed by atoms with Crippen molar-refractivity contribution in [3.8, 4) is 0 Å². The fraction of sp³-hybridized carbons (Fsp3) is 0.355. The van der Waals surface area contributed by atoms with Crippen molar-refractivity contribution in [1.29, 1.82) is 0 Å². The van der Waals surface area contributed by atoms with Gasteiger partial charge in [-0.25, -0.2) is 8.42 Å². The lowest BCUT2D eigenvalue weighted by Gasteiger charge is -2.33. The summed E-state index contributed by atoms with van der Waals surface area (Å²) in [5, 5.41) is 3.77. The summed E-state index contributed by atoms with van der Waals surface area (Å²) in [5.74, 6) is -0.829. The first-order chi connectivity index (χ1) is 19.6. The van der Waals surface area contributed by atoms with E-state index in [0.717, 1.165) is 42.0 Å². The van der Waals surface area contributed by atoms with E-state index in [9.17, 15) is 18.0 Å². The molecule has 0 aliphatic heterocycles. The summed E-state index contributed by atoms with van der Waals surface area (Å²) in [6.45, 7) is 3.04. The third-order valence-corrected chi connectivity index (χ3v) is 9.70. The third-order valence-electron chi connectivity index (χ3n) is 7.37. The van der Waals surface area contributed by atoms with E-state index in [1.807, 2.05) is 13.0 Å². The highest BCUT2D eigenvalue weighted by Crippen LogP contribution is 2.31. The van der Waals surface area contributed by atoms with E-state index in [-0.39, 0.29) is 34.1 Å². The van der Waals surface area contributed by atoms with Crippen LogP contribution in [0.3, 0.4) is 0 Å². The summed E-state index contributed by atoms with van der Waals surface area (Å²) in [6.07, 6.45) is 5.04. The molecule has 0 radical (unpaired) electrons. The fourth-order valence-corrected chi connectivity index (χ4v) is 6.92. The number of hydrogen-bond donors (Lipinski definition) is 1. The Hall–Kier alpha value is -3.07. The number of anilines is 1. The summed E-state index contributed by atoms with van der Waals surface area (Å²) in [4.78, 5) is 28.9. The van der Waals surface area contributed by atoms with Crippen LogP contribution in [0, 0.1) is 6.92 Å². The molecule has 3 aromatic carbocycles. The second-order valence-electron chi connectivity index (χ2n) is 10.4. The Morgan fingerprint density at radius 3 is 2.29 bits per heavy atom. The Morgan fingerprint density at radius 1 is 0.951 bits per heavy atom. The van der Waals surface area contributed by atoms with Crippen LogP contribution in [0.2, 0.25) is 10.0 Å². The zero-order valence-electron chi connectivity index (χ0n) is 23.2. The number of para-hydroxylation sites is 1.